The monoisotopic (exact) mass is 250 g/mol. The Morgan fingerprint density at radius 2 is 2.06 bits per heavy atom. The molecule has 0 bridgehead atoms. The highest BCUT2D eigenvalue weighted by Gasteiger charge is 2.41. The van der Waals surface area contributed by atoms with Crippen molar-refractivity contribution in [3.63, 3.8) is 0 Å². The number of anilines is 2. The van der Waals surface area contributed by atoms with E-state index in [1.165, 1.54) is 12.8 Å². The lowest BCUT2D eigenvalue weighted by molar-refractivity contribution is 0.175. The topological polar surface area (TPSA) is 56.5 Å². The lowest BCUT2D eigenvalue weighted by Gasteiger charge is -2.17. The Kier molecular flexibility index (Phi) is 3.97. The van der Waals surface area contributed by atoms with E-state index in [9.17, 15) is 0 Å². The fraction of sp³-hybridized carbons (Fsp3) is 0.571. The van der Waals surface area contributed by atoms with E-state index in [0.717, 1.165) is 36.7 Å². The van der Waals surface area contributed by atoms with Crippen LogP contribution in [0.1, 0.15) is 19.3 Å². The van der Waals surface area contributed by atoms with Crippen LogP contribution >= 0.6 is 0 Å². The lowest BCUT2D eigenvalue weighted by atomic mass is 10.0. The smallest absolute Gasteiger partial charge is 0.122 e. The van der Waals surface area contributed by atoms with Gasteiger partial charge in [-0.15, -0.1) is 0 Å². The lowest BCUT2D eigenvalue weighted by Crippen LogP contribution is -2.17. The summed E-state index contributed by atoms with van der Waals surface area (Å²) in [6.45, 7) is 1.81. The van der Waals surface area contributed by atoms with Crippen molar-refractivity contribution in [2.75, 3.05) is 38.4 Å². The molecule has 0 unspecified atom stereocenters. The second kappa shape index (κ2) is 5.48. The molecule has 3 N–H and O–H groups in total. The molecular weight excluding hydrogens is 228 g/mol. The zero-order valence-corrected chi connectivity index (χ0v) is 11.2. The molecule has 1 aliphatic rings. The molecular formula is C14H22N2O2. The summed E-state index contributed by atoms with van der Waals surface area (Å²) in [6.07, 6.45) is 3.68. The van der Waals surface area contributed by atoms with E-state index in [4.69, 9.17) is 15.2 Å². The van der Waals surface area contributed by atoms with Crippen molar-refractivity contribution in [2.24, 2.45) is 5.41 Å². The zero-order valence-electron chi connectivity index (χ0n) is 11.2. The van der Waals surface area contributed by atoms with Crippen LogP contribution in [0.2, 0.25) is 0 Å². The first-order valence-corrected chi connectivity index (χ1v) is 6.35. The summed E-state index contributed by atoms with van der Waals surface area (Å²) < 4.78 is 10.4. The van der Waals surface area contributed by atoms with Crippen LogP contribution in [0.15, 0.2) is 18.2 Å². The van der Waals surface area contributed by atoms with Crippen LogP contribution in [0.5, 0.6) is 5.75 Å². The van der Waals surface area contributed by atoms with Gasteiger partial charge in [0.15, 0.2) is 0 Å². The highest BCUT2D eigenvalue weighted by Crippen LogP contribution is 2.48. The van der Waals surface area contributed by atoms with E-state index in [2.05, 4.69) is 5.32 Å². The number of nitrogens with two attached hydrogens (primary N) is 1. The van der Waals surface area contributed by atoms with Crippen LogP contribution in [0, 0.1) is 5.41 Å². The second-order valence-electron chi connectivity index (χ2n) is 5.09. The summed E-state index contributed by atoms with van der Waals surface area (Å²) in [7, 11) is 3.41. The second-order valence-corrected chi connectivity index (χ2v) is 5.09. The average molecular weight is 250 g/mol. The van der Waals surface area contributed by atoms with Gasteiger partial charge < -0.3 is 20.5 Å². The number of methoxy groups -OCH3 is 2. The zero-order chi connectivity index (χ0) is 13.0. The van der Waals surface area contributed by atoms with Crippen LogP contribution in [-0.4, -0.2) is 27.4 Å². The fourth-order valence-corrected chi connectivity index (χ4v) is 2.14. The molecule has 2 rings (SSSR count). The van der Waals surface area contributed by atoms with Crippen molar-refractivity contribution >= 4 is 11.4 Å². The molecule has 0 amide bonds. The molecule has 0 radical (unpaired) electrons. The first kappa shape index (κ1) is 13.0. The van der Waals surface area contributed by atoms with Crippen LogP contribution in [0.25, 0.3) is 0 Å². The van der Waals surface area contributed by atoms with Crippen molar-refractivity contribution in [3.05, 3.63) is 18.2 Å². The van der Waals surface area contributed by atoms with Crippen molar-refractivity contribution in [1.82, 2.24) is 0 Å². The predicted octanol–water partition coefficient (Wildman–Crippen LogP) is 2.51. The van der Waals surface area contributed by atoms with Crippen LogP contribution < -0.4 is 15.8 Å². The molecule has 1 aromatic rings. The van der Waals surface area contributed by atoms with Gasteiger partial charge in [0.2, 0.25) is 0 Å². The molecule has 1 saturated carbocycles. The maximum atomic E-state index is 5.83. The van der Waals surface area contributed by atoms with Gasteiger partial charge in [0.05, 0.1) is 7.11 Å². The summed E-state index contributed by atoms with van der Waals surface area (Å²) in [5.41, 5.74) is 8.00. The summed E-state index contributed by atoms with van der Waals surface area (Å²) in [4.78, 5) is 0. The number of hydrogen-bond donors (Lipinski definition) is 2. The largest absolute Gasteiger partial charge is 0.497 e. The number of nitrogens with one attached hydrogen (secondary N) is 1. The third-order valence-electron chi connectivity index (χ3n) is 3.63. The molecule has 0 saturated heterocycles. The van der Waals surface area contributed by atoms with E-state index in [0.29, 0.717) is 5.41 Å². The van der Waals surface area contributed by atoms with Crippen LogP contribution in [-0.2, 0) is 4.74 Å². The SMILES string of the molecule is COCCC1(CNc2cc(N)cc(OC)c2)CC1. The number of ether oxygens (including phenoxy) is 2. The van der Waals surface area contributed by atoms with E-state index < -0.39 is 0 Å². The van der Waals surface area contributed by atoms with E-state index in [1.54, 1.807) is 14.2 Å². The Morgan fingerprint density at radius 3 is 2.67 bits per heavy atom. The number of rotatable bonds is 7. The average Bonchev–Trinajstić information content (AvgIpc) is 3.14. The first-order valence-electron chi connectivity index (χ1n) is 6.35. The van der Waals surface area contributed by atoms with Crippen molar-refractivity contribution in [1.29, 1.82) is 0 Å². The molecule has 4 nitrogen and oxygen atoms in total. The Labute approximate surface area is 108 Å². The predicted molar refractivity (Wildman–Crippen MR) is 74.1 cm³/mol. The number of nitrogen functional groups attached to an aromatic ring is 1. The summed E-state index contributed by atoms with van der Waals surface area (Å²) in [5.74, 6) is 0.791. The molecule has 1 aromatic carbocycles. The van der Waals surface area contributed by atoms with Gasteiger partial charge >= 0.3 is 0 Å². The number of hydrogen-bond acceptors (Lipinski definition) is 4. The van der Waals surface area contributed by atoms with Gasteiger partial charge in [0.25, 0.3) is 0 Å². The van der Waals surface area contributed by atoms with Gasteiger partial charge in [-0.2, -0.15) is 0 Å². The van der Waals surface area contributed by atoms with Gasteiger partial charge in [-0.3, -0.25) is 0 Å². The normalized spacial score (nSPS) is 16.3. The van der Waals surface area contributed by atoms with Crippen molar-refractivity contribution in [3.8, 4) is 5.75 Å². The van der Waals surface area contributed by atoms with Crippen molar-refractivity contribution in [2.45, 2.75) is 19.3 Å². The number of benzene rings is 1. The molecule has 18 heavy (non-hydrogen) atoms. The molecule has 0 spiro atoms. The first-order chi connectivity index (χ1) is 8.67. The van der Waals surface area contributed by atoms with Gasteiger partial charge in [-0.05, 0) is 30.7 Å². The minimum atomic E-state index is 0.424. The molecule has 0 aromatic heterocycles. The highest BCUT2D eigenvalue weighted by molar-refractivity contribution is 5.59. The highest BCUT2D eigenvalue weighted by atomic mass is 16.5. The van der Waals surface area contributed by atoms with Gasteiger partial charge in [0.1, 0.15) is 5.75 Å². The van der Waals surface area contributed by atoms with Crippen molar-refractivity contribution < 1.29 is 9.47 Å². The minimum absolute atomic E-state index is 0.424. The Balaban J connectivity index is 1.92. The van der Waals surface area contributed by atoms with Crippen LogP contribution in [0.3, 0.4) is 0 Å². The molecule has 0 aliphatic heterocycles. The molecule has 1 aliphatic carbocycles. The summed E-state index contributed by atoms with van der Waals surface area (Å²) >= 11 is 0. The molecule has 4 heteroatoms. The minimum Gasteiger partial charge on any atom is -0.497 e. The van der Waals surface area contributed by atoms with E-state index in [-0.39, 0.29) is 0 Å². The maximum absolute atomic E-state index is 5.83. The third-order valence-corrected chi connectivity index (χ3v) is 3.63. The molecule has 0 atom stereocenters. The quantitative estimate of drug-likeness (QED) is 0.730. The Hall–Kier alpha value is -1.42. The fourth-order valence-electron chi connectivity index (χ4n) is 2.14. The Bertz CT molecular complexity index is 403. The summed E-state index contributed by atoms with van der Waals surface area (Å²) in [5, 5.41) is 3.46. The molecule has 0 heterocycles. The third kappa shape index (κ3) is 3.29. The molecule has 1 fully saturated rings. The van der Waals surface area contributed by atoms with E-state index in [1.807, 2.05) is 18.2 Å². The van der Waals surface area contributed by atoms with Gasteiger partial charge in [-0.1, -0.05) is 0 Å². The van der Waals surface area contributed by atoms with Gasteiger partial charge in [-0.25, -0.2) is 0 Å². The van der Waals surface area contributed by atoms with E-state index >= 15 is 0 Å². The van der Waals surface area contributed by atoms with Crippen LogP contribution in [0.4, 0.5) is 11.4 Å². The maximum Gasteiger partial charge on any atom is 0.122 e. The standard InChI is InChI=1S/C14H22N2O2/c1-17-6-5-14(3-4-14)10-16-12-7-11(15)8-13(9-12)18-2/h7-9,16H,3-6,10,15H2,1-2H3. The Morgan fingerprint density at radius 1 is 1.28 bits per heavy atom. The van der Waals surface area contributed by atoms with Gasteiger partial charge in [0, 0.05) is 43.8 Å². The summed E-state index contributed by atoms with van der Waals surface area (Å²) in [6, 6.07) is 5.74. The molecule has 100 valence electrons.